The molecule has 15 heteroatoms. The Labute approximate surface area is 474 Å². The van der Waals surface area contributed by atoms with Crippen molar-refractivity contribution in [1.82, 2.24) is 4.98 Å². The Bertz CT molecular complexity index is 3280. The number of aromatic hydroxyl groups is 4. The minimum Gasteiger partial charge on any atom is -0.508 e. The number of halogens is 1. The molecule has 0 unspecified atom stereocenters. The third-order valence-electron chi connectivity index (χ3n) is 11.0. The van der Waals surface area contributed by atoms with E-state index in [4.69, 9.17) is 39.6 Å². The van der Waals surface area contributed by atoms with Crippen molar-refractivity contribution in [2.75, 3.05) is 45.4 Å². The third kappa shape index (κ3) is 19.7. The van der Waals surface area contributed by atoms with Crippen molar-refractivity contribution in [3.8, 4) is 70.6 Å². The number of hydrogen-bond donors (Lipinski definition) is 6. The summed E-state index contributed by atoms with van der Waals surface area (Å²) >= 11 is 1.49. The first-order valence-electron chi connectivity index (χ1n) is 24.5. The Hall–Kier alpha value is -8.30. The number of anilines is 5. The molecular formula is C62H69IN6O7S. The number of nitrogen functional groups attached to an aromatic ring is 1. The minimum atomic E-state index is -0.383. The number of nitrogens with two attached hydrogens (primary N) is 1. The molecule has 2 aromatic heterocycles. The second-order valence-corrected chi connectivity index (χ2v) is 19.3. The minimum absolute atomic E-state index is 0. The van der Waals surface area contributed by atoms with E-state index < -0.39 is 0 Å². The summed E-state index contributed by atoms with van der Waals surface area (Å²) in [6.07, 6.45) is 16.7. The maximum absolute atomic E-state index is 12.6. The Kier molecular flexibility index (Phi) is 25.8. The topological polar surface area (TPSA) is 189 Å². The summed E-state index contributed by atoms with van der Waals surface area (Å²) in [5, 5.41) is 41.5. The molecule has 0 saturated heterocycles. The predicted molar refractivity (Wildman–Crippen MR) is 331 cm³/mol. The van der Waals surface area contributed by atoms with Gasteiger partial charge in [-0.05, 0) is 134 Å². The van der Waals surface area contributed by atoms with Crippen molar-refractivity contribution in [1.29, 1.82) is 0 Å². The molecule has 0 atom stereocenters. The van der Waals surface area contributed by atoms with Crippen LogP contribution in [0.2, 0.25) is 0 Å². The number of para-hydroxylation sites is 1. The molecule has 0 saturated carbocycles. The summed E-state index contributed by atoms with van der Waals surface area (Å²) in [6.45, 7) is 18.0. The van der Waals surface area contributed by atoms with Gasteiger partial charge < -0.3 is 50.6 Å². The highest BCUT2D eigenvalue weighted by atomic mass is 127. The van der Waals surface area contributed by atoms with Gasteiger partial charge in [-0.2, -0.15) is 0 Å². The summed E-state index contributed by atoms with van der Waals surface area (Å²) < 4.78 is 6.67. The van der Waals surface area contributed by atoms with Crippen molar-refractivity contribution >= 4 is 91.2 Å². The fourth-order valence-electron chi connectivity index (χ4n) is 7.36. The molecule has 0 fully saturated rings. The smallest absolute Gasteiger partial charge is 0.346 e. The summed E-state index contributed by atoms with van der Waals surface area (Å²) in [4.78, 5) is 33.8. The van der Waals surface area contributed by atoms with Gasteiger partial charge in [0.15, 0.2) is 6.29 Å². The molecule has 77 heavy (non-hydrogen) atoms. The molecule has 0 aliphatic heterocycles. The van der Waals surface area contributed by atoms with E-state index in [9.17, 15) is 19.8 Å². The molecule has 8 aromatic rings. The summed E-state index contributed by atoms with van der Waals surface area (Å²) in [5.41, 5.74) is 11.4. The van der Waals surface area contributed by atoms with Crippen molar-refractivity contribution in [3.63, 3.8) is 0 Å². The van der Waals surface area contributed by atoms with Crippen LogP contribution in [-0.2, 0) is 0 Å². The molecule has 0 aliphatic rings. The lowest BCUT2D eigenvalue weighted by Gasteiger charge is -2.27. The van der Waals surface area contributed by atoms with Crippen LogP contribution in [0.3, 0.4) is 0 Å². The second kappa shape index (κ2) is 31.6. The van der Waals surface area contributed by atoms with Gasteiger partial charge in [0, 0.05) is 88.3 Å². The molecule has 0 bridgehead atoms. The van der Waals surface area contributed by atoms with Crippen LogP contribution in [0.5, 0.6) is 23.0 Å². The van der Waals surface area contributed by atoms with E-state index in [2.05, 4.69) is 79.4 Å². The molecule has 13 nitrogen and oxygen atoms in total. The molecule has 0 radical (unpaired) electrons. The maximum atomic E-state index is 12.6. The van der Waals surface area contributed by atoms with Gasteiger partial charge in [-0.15, -0.1) is 54.6 Å². The first kappa shape index (κ1) is 63.0. The van der Waals surface area contributed by atoms with Crippen LogP contribution in [0, 0.1) is 37.0 Å². The number of terminal acetylenes is 3. The highest BCUT2D eigenvalue weighted by Gasteiger charge is 2.16. The standard InChI is InChI=1S/C22H18N2O2S.C13H15NO2.C12H15NO.C9H13NO.C6H7NO.HI/c1-4-11-24(14(2)3)16-10-9-15-12-17(22(25)26-19(15)13-16)21-23-18-7-5-6-8-20(18)27-21;1-4-7-14(10(2)3)12-6-5-11(9-15)13(16)8-12;1-4-8-13(10(2)3)11-6-5-7-12(14)9-11;1-7(2)10-8-4-3-5-9(11)6-8;7-5-2-1-3-6(8)4-5;/h1,5-10,12-14H,11H2,2-3H3;1,5-6,8-10,16H,7H2,2-3H3;1,5-7,9-10,14H,8H2,2-3H3;3-7,10-11H,1-2H3;1-4,8H,7H2;1H. The number of thiazole rings is 1. The van der Waals surface area contributed by atoms with Crippen molar-refractivity contribution in [2.24, 2.45) is 0 Å². The number of phenolic OH excluding ortho intramolecular Hbond substituents is 4. The monoisotopic (exact) mass is 1170 g/mol. The largest absolute Gasteiger partial charge is 0.508 e. The maximum Gasteiger partial charge on any atom is 0.346 e. The highest BCUT2D eigenvalue weighted by molar-refractivity contribution is 14.0. The van der Waals surface area contributed by atoms with Crippen LogP contribution in [0.15, 0.2) is 149 Å². The van der Waals surface area contributed by atoms with Crippen LogP contribution in [-0.4, -0.2) is 75.5 Å². The normalized spacial score (nSPS) is 10.1. The SMILES string of the molecule is C#CCN(c1ccc(C=O)c(O)c1)C(C)C.C#CCN(c1ccc2cc(-c3nc4ccccc4s3)c(=O)oc2c1)C(C)C.C#CCN(c1cccc(O)c1)C(C)C.CC(C)Nc1cccc(O)c1.I.Nc1cccc(O)c1. The van der Waals surface area contributed by atoms with Gasteiger partial charge in [0.05, 0.1) is 41.0 Å². The number of carbonyl (C=O) groups is 1. The zero-order valence-electron chi connectivity index (χ0n) is 44.7. The third-order valence-corrected chi connectivity index (χ3v) is 12.1. The van der Waals surface area contributed by atoms with Crippen molar-refractivity contribution < 1.29 is 29.6 Å². The fraction of sp³-hybridized carbons (Fsp3) is 0.242. The quantitative estimate of drug-likeness (QED) is 0.0211. The second-order valence-electron chi connectivity index (χ2n) is 18.3. The van der Waals surface area contributed by atoms with Crippen LogP contribution >= 0.6 is 35.3 Å². The number of rotatable bonds is 13. The Morgan fingerprint density at radius 1 is 0.636 bits per heavy atom. The van der Waals surface area contributed by atoms with Crippen molar-refractivity contribution in [2.45, 2.75) is 79.6 Å². The summed E-state index contributed by atoms with van der Waals surface area (Å²) in [6, 6.07) is 42.4. The first-order valence-corrected chi connectivity index (χ1v) is 25.3. The highest BCUT2D eigenvalue weighted by Crippen LogP contribution is 2.31. The molecule has 8 rings (SSSR count). The number of aromatic nitrogens is 1. The van der Waals surface area contributed by atoms with Gasteiger partial charge in [-0.1, -0.05) is 48.1 Å². The van der Waals surface area contributed by atoms with Gasteiger partial charge in [-0.3, -0.25) is 4.79 Å². The number of hydrogen-bond acceptors (Lipinski definition) is 14. The number of carbonyl (C=O) groups excluding carboxylic acids is 1. The molecule has 402 valence electrons. The predicted octanol–water partition coefficient (Wildman–Crippen LogP) is 13.0. The summed E-state index contributed by atoms with van der Waals surface area (Å²) in [7, 11) is 0. The Morgan fingerprint density at radius 3 is 1.64 bits per heavy atom. The average Bonchev–Trinajstić information content (AvgIpc) is 3.81. The lowest BCUT2D eigenvalue weighted by atomic mass is 10.1. The molecule has 7 N–H and O–H groups in total. The van der Waals surface area contributed by atoms with E-state index in [0.717, 1.165) is 38.4 Å². The lowest BCUT2D eigenvalue weighted by molar-refractivity contribution is 0.112. The fourth-order valence-corrected chi connectivity index (χ4v) is 8.33. The number of fused-ring (bicyclic) bond motifs is 2. The van der Waals surface area contributed by atoms with E-state index in [1.54, 1.807) is 60.7 Å². The van der Waals surface area contributed by atoms with E-state index in [0.29, 0.717) is 65.6 Å². The molecular weight excluding hydrogens is 1100 g/mol. The van der Waals surface area contributed by atoms with Gasteiger partial charge in [0.1, 0.15) is 33.6 Å². The van der Waals surface area contributed by atoms with Crippen molar-refractivity contribution in [3.05, 3.63) is 156 Å². The molecule has 6 aromatic carbocycles. The molecule has 0 spiro atoms. The molecule has 0 amide bonds. The Morgan fingerprint density at radius 2 is 1.16 bits per heavy atom. The zero-order valence-corrected chi connectivity index (χ0v) is 47.9. The van der Waals surface area contributed by atoms with E-state index >= 15 is 0 Å². The van der Waals surface area contributed by atoms with Crippen LogP contribution in [0.1, 0.15) is 65.7 Å². The van der Waals surface area contributed by atoms with Gasteiger partial charge in [0.2, 0.25) is 0 Å². The lowest BCUT2D eigenvalue weighted by Crippen LogP contribution is -2.30. The van der Waals surface area contributed by atoms with E-state index in [1.807, 2.05) is 91.5 Å². The molecule has 0 aliphatic carbocycles. The number of benzene rings is 6. The van der Waals surface area contributed by atoms with Gasteiger partial charge in [-0.25, -0.2) is 9.78 Å². The number of nitrogens with zero attached hydrogens (tertiary/aromatic N) is 4. The number of nitrogens with one attached hydrogen (secondary N) is 1. The van der Waals surface area contributed by atoms with E-state index in [1.165, 1.54) is 17.4 Å². The first-order chi connectivity index (χ1) is 36.3. The van der Waals surface area contributed by atoms with Crippen LogP contribution < -0.4 is 31.4 Å². The zero-order chi connectivity index (χ0) is 55.9. The molecule has 2 heterocycles. The number of phenols is 4. The van der Waals surface area contributed by atoms with Crippen LogP contribution in [0.25, 0.3) is 31.8 Å². The average molecular weight is 1170 g/mol. The Balaban J connectivity index is 0.000000270. The summed E-state index contributed by atoms with van der Waals surface area (Å²) in [5.74, 6) is 8.62. The van der Waals surface area contributed by atoms with Crippen LogP contribution in [0.4, 0.5) is 28.4 Å². The van der Waals surface area contributed by atoms with Gasteiger partial charge >= 0.3 is 5.63 Å². The van der Waals surface area contributed by atoms with Gasteiger partial charge in [0.25, 0.3) is 0 Å². The van der Waals surface area contributed by atoms with E-state index in [-0.39, 0.29) is 64.5 Å². The number of aldehydes is 1.